The molecule has 0 aliphatic carbocycles. The Hall–Kier alpha value is -3.47. The van der Waals surface area contributed by atoms with Crippen molar-refractivity contribution in [3.05, 3.63) is 59.9 Å². The quantitative estimate of drug-likeness (QED) is 0.648. The summed E-state index contributed by atoms with van der Waals surface area (Å²) in [5.41, 5.74) is 3.61. The lowest BCUT2D eigenvalue weighted by molar-refractivity contribution is -0.117. The second kappa shape index (κ2) is 11.3. The van der Waals surface area contributed by atoms with E-state index in [2.05, 4.69) is 37.3 Å². The molecule has 3 aliphatic heterocycles. The largest absolute Gasteiger partial charge is 0.379 e. The molecule has 1 N–H and O–H groups in total. The summed E-state index contributed by atoms with van der Waals surface area (Å²) >= 11 is 0. The summed E-state index contributed by atoms with van der Waals surface area (Å²) < 4.78 is 20.5. The van der Waals surface area contributed by atoms with Gasteiger partial charge in [-0.2, -0.15) is 5.11 Å². The first-order valence-electron chi connectivity index (χ1n) is 12.6. The van der Waals surface area contributed by atoms with E-state index in [4.69, 9.17) is 4.74 Å². The number of likely N-dealkylation sites (N-methyl/N-ethyl adjacent to an activating group) is 1. The minimum Gasteiger partial charge on any atom is -0.379 e. The number of amides is 2. The Bertz CT molecular complexity index is 1200. The van der Waals surface area contributed by atoms with Gasteiger partial charge in [-0.3, -0.25) is 14.5 Å². The minimum atomic E-state index is -0.893. The van der Waals surface area contributed by atoms with Gasteiger partial charge in [0.25, 0.3) is 11.8 Å². The number of rotatable bonds is 6. The lowest BCUT2D eigenvalue weighted by Gasteiger charge is -2.35. The molecule has 2 fully saturated rings. The summed E-state index contributed by atoms with van der Waals surface area (Å²) in [6.07, 6.45) is 2.67. The van der Waals surface area contributed by atoms with Gasteiger partial charge in [0, 0.05) is 57.5 Å². The average Bonchev–Trinajstić information content (AvgIpc) is 2.91. The molecule has 10 heteroatoms. The number of nitrogens with one attached hydrogen (secondary N) is 1. The highest BCUT2D eigenvalue weighted by atomic mass is 19.1. The van der Waals surface area contributed by atoms with Crippen LogP contribution in [0.25, 0.3) is 11.1 Å². The molecular formula is C27H31FN6O3. The molecule has 9 nitrogen and oxygen atoms in total. The van der Waals surface area contributed by atoms with Gasteiger partial charge in [-0.05, 0) is 48.5 Å². The summed E-state index contributed by atoms with van der Waals surface area (Å²) in [6, 6.07) is 9.96. The van der Waals surface area contributed by atoms with Crippen LogP contribution in [0.2, 0.25) is 0 Å². The van der Waals surface area contributed by atoms with Crippen LogP contribution in [-0.4, -0.2) is 87.2 Å². The number of ether oxygens (including phenoxy) is 1. The van der Waals surface area contributed by atoms with Crippen molar-refractivity contribution in [2.45, 2.75) is 12.6 Å². The van der Waals surface area contributed by atoms with Crippen LogP contribution >= 0.6 is 0 Å². The maximum atomic E-state index is 15.0. The standard InChI is InChI=1S/C27H31FN6O3/c1-32-8-10-34(11-9-32)25-6-3-20(17-24(25)29-27(36)23-5-7-26(35)31-30-23)21-16-19(2-4-22(21)28)18-33-12-14-37-15-13-33/h2-7,16-17,23H,8-15,18H2,1H3,(H,29,36). The third kappa shape index (κ3) is 6.10. The summed E-state index contributed by atoms with van der Waals surface area (Å²) in [7, 11) is 2.08. The highest BCUT2D eigenvalue weighted by Crippen LogP contribution is 2.34. The number of nitrogens with zero attached hydrogens (tertiary/aromatic N) is 5. The molecule has 1 unspecified atom stereocenters. The Morgan fingerprint density at radius 3 is 2.59 bits per heavy atom. The molecule has 0 spiro atoms. The van der Waals surface area contributed by atoms with Crippen LogP contribution in [0.5, 0.6) is 0 Å². The fraction of sp³-hybridized carbons (Fsp3) is 0.407. The van der Waals surface area contributed by atoms with Gasteiger partial charge in [-0.1, -0.05) is 12.1 Å². The summed E-state index contributed by atoms with van der Waals surface area (Å²) in [6.45, 7) is 7.23. The second-order valence-electron chi connectivity index (χ2n) is 9.57. The number of hydrogen-bond acceptors (Lipinski definition) is 7. The van der Waals surface area contributed by atoms with Gasteiger partial charge in [0.05, 0.1) is 24.6 Å². The molecule has 37 heavy (non-hydrogen) atoms. The Kier molecular flexibility index (Phi) is 7.68. The minimum absolute atomic E-state index is 0.321. The van der Waals surface area contributed by atoms with Gasteiger partial charge < -0.3 is 19.9 Å². The van der Waals surface area contributed by atoms with Crippen molar-refractivity contribution in [3.8, 4) is 11.1 Å². The predicted octanol–water partition coefficient (Wildman–Crippen LogP) is 2.93. The summed E-state index contributed by atoms with van der Waals surface area (Å²) in [5, 5.41) is 10.3. The molecule has 194 valence electrons. The van der Waals surface area contributed by atoms with E-state index in [9.17, 15) is 9.59 Å². The van der Waals surface area contributed by atoms with Crippen LogP contribution in [-0.2, 0) is 20.9 Å². The lowest BCUT2D eigenvalue weighted by atomic mass is 10.00. The van der Waals surface area contributed by atoms with Crippen LogP contribution in [0, 0.1) is 5.82 Å². The first-order chi connectivity index (χ1) is 18.0. The summed E-state index contributed by atoms with van der Waals surface area (Å²) in [4.78, 5) is 31.1. The highest BCUT2D eigenvalue weighted by Gasteiger charge is 2.23. The first kappa shape index (κ1) is 25.2. The first-order valence-corrected chi connectivity index (χ1v) is 12.6. The molecule has 2 aromatic rings. The van der Waals surface area contributed by atoms with Crippen LogP contribution in [0.4, 0.5) is 15.8 Å². The fourth-order valence-corrected chi connectivity index (χ4v) is 4.75. The molecule has 2 saturated heterocycles. The monoisotopic (exact) mass is 506 g/mol. The number of azo groups is 1. The van der Waals surface area contributed by atoms with E-state index in [1.54, 1.807) is 0 Å². The maximum absolute atomic E-state index is 15.0. The van der Waals surface area contributed by atoms with E-state index < -0.39 is 17.9 Å². The zero-order chi connectivity index (χ0) is 25.8. The third-order valence-electron chi connectivity index (χ3n) is 6.92. The number of morpholine rings is 1. The SMILES string of the molecule is CN1CCN(c2ccc(-c3cc(CN4CCOCC4)ccc3F)cc2NC(=O)C2C=CC(=O)N=N2)CC1. The predicted molar refractivity (Wildman–Crippen MR) is 139 cm³/mol. The zero-order valence-electron chi connectivity index (χ0n) is 20.9. The molecule has 0 radical (unpaired) electrons. The Labute approximate surface area is 215 Å². The molecule has 2 amide bonds. The van der Waals surface area contributed by atoms with Crippen LogP contribution in [0.15, 0.2) is 58.8 Å². The number of halogens is 1. The molecule has 0 bridgehead atoms. The Morgan fingerprint density at radius 2 is 1.86 bits per heavy atom. The van der Waals surface area contributed by atoms with Crippen LogP contribution in [0.3, 0.4) is 0 Å². The molecular weight excluding hydrogens is 475 g/mol. The molecule has 0 aromatic heterocycles. The van der Waals surface area contributed by atoms with Crippen LogP contribution in [0.1, 0.15) is 5.56 Å². The van der Waals surface area contributed by atoms with E-state index >= 15 is 4.39 Å². The highest BCUT2D eigenvalue weighted by molar-refractivity contribution is 6.01. The number of piperazine rings is 1. The molecule has 5 rings (SSSR count). The van der Waals surface area contributed by atoms with Gasteiger partial charge >= 0.3 is 0 Å². The maximum Gasteiger partial charge on any atom is 0.287 e. The smallest absolute Gasteiger partial charge is 0.287 e. The van der Waals surface area contributed by atoms with Gasteiger partial charge in [-0.15, -0.1) is 5.11 Å². The molecule has 0 saturated carbocycles. The van der Waals surface area contributed by atoms with Crippen molar-refractivity contribution in [2.24, 2.45) is 10.2 Å². The van der Waals surface area contributed by atoms with Gasteiger partial charge in [-0.25, -0.2) is 4.39 Å². The van der Waals surface area contributed by atoms with E-state index in [1.807, 2.05) is 30.3 Å². The molecule has 2 aromatic carbocycles. The molecule has 3 heterocycles. The normalized spacial score (nSPS) is 20.9. The number of anilines is 2. The number of carbonyl (C=O) groups is 2. The molecule has 1 atom stereocenters. The second-order valence-corrected chi connectivity index (χ2v) is 9.57. The fourth-order valence-electron chi connectivity index (χ4n) is 4.75. The number of carbonyl (C=O) groups excluding carboxylic acids is 2. The van der Waals surface area contributed by atoms with E-state index in [-0.39, 0.29) is 5.82 Å². The van der Waals surface area contributed by atoms with Crippen molar-refractivity contribution in [1.82, 2.24) is 9.80 Å². The summed E-state index contributed by atoms with van der Waals surface area (Å²) in [5.74, 6) is -1.21. The van der Waals surface area contributed by atoms with Gasteiger partial charge in [0.1, 0.15) is 5.82 Å². The van der Waals surface area contributed by atoms with Crippen molar-refractivity contribution >= 4 is 23.2 Å². The van der Waals surface area contributed by atoms with Crippen molar-refractivity contribution in [2.75, 3.05) is 69.7 Å². The van der Waals surface area contributed by atoms with Crippen molar-refractivity contribution in [3.63, 3.8) is 0 Å². The Balaban J connectivity index is 1.44. The van der Waals surface area contributed by atoms with Crippen molar-refractivity contribution < 1.29 is 18.7 Å². The van der Waals surface area contributed by atoms with E-state index in [0.29, 0.717) is 30.0 Å². The zero-order valence-corrected chi connectivity index (χ0v) is 20.9. The van der Waals surface area contributed by atoms with Crippen molar-refractivity contribution in [1.29, 1.82) is 0 Å². The topological polar surface area (TPSA) is 89.8 Å². The van der Waals surface area contributed by atoms with Gasteiger partial charge in [0.15, 0.2) is 6.04 Å². The number of benzene rings is 2. The number of hydrogen-bond donors (Lipinski definition) is 1. The van der Waals surface area contributed by atoms with E-state index in [1.165, 1.54) is 18.2 Å². The lowest BCUT2D eigenvalue weighted by Crippen LogP contribution is -2.44. The van der Waals surface area contributed by atoms with E-state index in [0.717, 1.165) is 57.1 Å². The third-order valence-corrected chi connectivity index (χ3v) is 6.92. The molecule has 3 aliphatic rings. The van der Waals surface area contributed by atoms with Gasteiger partial charge in [0.2, 0.25) is 0 Å². The van der Waals surface area contributed by atoms with Crippen LogP contribution < -0.4 is 10.2 Å². The average molecular weight is 507 g/mol. The Morgan fingerprint density at radius 1 is 1.08 bits per heavy atom.